The van der Waals surface area contributed by atoms with Crippen LogP contribution in [0.4, 0.5) is 8.78 Å². The molecule has 0 amide bonds. The first-order valence-electron chi connectivity index (χ1n) is 10.6. The van der Waals surface area contributed by atoms with Crippen molar-refractivity contribution in [1.82, 2.24) is 4.98 Å². The highest BCUT2D eigenvalue weighted by atomic mass is 19.2. The van der Waals surface area contributed by atoms with Crippen molar-refractivity contribution in [2.75, 3.05) is 6.67 Å². The average molecular weight is 408 g/mol. The van der Waals surface area contributed by atoms with E-state index in [0.717, 1.165) is 28.1 Å². The molecule has 1 nitrogen and oxygen atoms in total. The molecule has 0 spiro atoms. The van der Waals surface area contributed by atoms with Crippen LogP contribution in [0.1, 0.15) is 42.7 Å². The third kappa shape index (κ3) is 4.77. The molecule has 0 bridgehead atoms. The van der Waals surface area contributed by atoms with Gasteiger partial charge < -0.3 is 0 Å². The van der Waals surface area contributed by atoms with E-state index in [1.165, 1.54) is 16.7 Å². The topological polar surface area (TPSA) is 12.9 Å². The maximum absolute atomic E-state index is 13.9. The van der Waals surface area contributed by atoms with Crippen molar-refractivity contribution in [3.05, 3.63) is 77.0 Å². The van der Waals surface area contributed by atoms with Gasteiger partial charge in [0.2, 0.25) is 0 Å². The molecule has 3 heteroatoms. The molecule has 0 aliphatic heterocycles. The largest absolute Gasteiger partial charge is 0.252 e. The lowest BCUT2D eigenvalue weighted by Gasteiger charge is -2.27. The van der Waals surface area contributed by atoms with Gasteiger partial charge in [-0.05, 0) is 67.3 Å². The molecular formula is C27H31F2N. The number of hydrogen-bond donors (Lipinski definition) is 0. The highest BCUT2D eigenvalue weighted by molar-refractivity contribution is 5.83. The Morgan fingerprint density at radius 3 is 2.27 bits per heavy atom. The van der Waals surface area contributed by atoms with Crippen LogP contribution in [0, 0.1) is 26.2 Å². The fourth-order valence-electron chi connectivity index (χ4n) is 3.89. The van der Waals surface area contributed by atoms with Crippen molar-refractivity contribution in [1.29, 1.82) is 0 Å². The molecule has 158 valence electrons. The minimum atomic E-state index is -1.43. The van der Waals surface area contributed by atoms with Crippen LogP contribution in [-0.4, -0.2) is 17.8 Å². The van der Waals surface area contributed by atoms with Gasteiger partial charge in [-0.25, -0.2) is 8.78 Å². The Hall–Kier alpha value is -2.55. The number of rotatable bonds is 7. The lowest BCUT2D eigenvalue weighted by atomic mass is 9.82. The summed E-state index contributed by atoms with van der Waals surface area (Å²) in [5.74, 6) is 0. The number of halogens is 2. The Morgan fingerprint density at radius 2 is 1.60 bits per heavy atom. The van der Waals surface area contributed by atoms with E-state index in [1.807, 2.05) is 19.1 Å². The van der Waals surface area contributed by atoms with Crippen molar-refractivity contribution >= 4 is 0 Å². The molecule has 3 aromatic rings. The Bertz CT molecular complexity index is 1000. The third-order valence-corrected chi connectivity index (χ3v) is 6.03. The minimum Gasteiger partial charge on any atom is -0.252 e. The van der Waals surface area contributed by atoms with Crippen LogP contribution < -0.4 is 0 Å². The van der Waals surface area contributed by atoms with Crippen molar-refractivity contribution in [2.24, 2.45) is 5.41 Å². The standard InChI is InChI=1S/C27H31F2N/c1-18-8-6-9-19(2)25(18)26-23(13-12-20(3)30-26)22-11-7-10-21(16-22)14-15-27(4,5)24(29)17-28/h6-13,16,24H,14-15,17H2,1-5H3. The molecule has 2 aromatic carbocycles. The van der Waals surface area contributed by atoms with E-state index in [1.54, 1.807) is 13.8 Å². The molecule has 0 N–H and O–H groups in total. The second-order valence-electron chi connectivity index (χ2n) is 8.93. The van der Waals surface area contributed by atoms with Gasteiger partial charge in [0, 0.05) is 16.8 Å². The van der Waals surface area contributed by atoms with Crippen LogP contribution in [0.25, 0.3) is 22.4 Å². The molecule has 1 heterocycles. The lowest BCUT2D eigenvalue weighted by molar-refractivity contribution is 0.104. The van der Waals surface area contributed by atoms with Crippen LogP contribution in [0.15, 0.2) is 54.6 Å². The van der Waals surface area contributed by atoms with Crippen molar-refractivity contribution in [2.45, 2.75) is 53.6 Å². The van der Waals surface area contributed by atoms with E-state index in [9.17, 15) is 8.78 Å². The van der Waals surface area contributed by atoms with Gasteiger partial charge in [-0.1, -0.05) is 62.4 Å². The van der Waals surface area contributed by atoms with Gasteiger partial charge >= 0.3 is 0 Å². The Kier molecular flexibility index (Phi) is 6.70. The highest BCUT2D eigenvalue weighted by Crippen LogP contribution is 2.36. The van der Waals surface area contributed by atoms with Gasteiger partial charge in [-0.3, -0.25) is 4.98 Å². The van der Waals surface area contributed by atoms with Crippen molar-refractivity contribution in [3.8, 4) is 22.4 Å². The first kappa shape index (κ1) is 22.1. The van der Waals surface area contributed by atoms with Gasteiger partial charge in [0.15, 0.2) is 0 Å². The van der Waals surface area contributed by atoms with Gasteiger partial charge in [-0.15, -0.1) is 0 Å². The van der Waals surface area contributed by atoms with Gasteiger partial charge in [-0.2, -0.15) is 0 Å². The lowest BCUT2D eigenvalue weighted by Crippen LogP contribution is -2.27. The molecule has 0 radical (unpaired) electrons. The first-order chi connectivity index (χ1) is 14.2. The summed E-state index contributed by atoms with van der Waals surface area (Å²) in [6, 6.07) is 18.8. The maximum Gasteiger partial charge on any atom is 0.133 e. The Labute approximate surface area is 179 Å². The number of benzene rings is 2. The van der Waals surface area contributed by atoms with Crippen LogP contribution in [0.2, 0.25) is 0 Å². The minimum absolute atomic E-state index is 0.595. The van der Waals surface area contributed by atoms with E-state index >= 15 is 0 Å². The van der Waals surface area contributed by atoms with Gasteiger partial charge in [0.25, 0.3) is 0 Å². The van der Waals surface area contributed by atoms with E-state index in [2.05, 4.69) is 56.3 Å². The van der Waals surface area contributed by atoms with Crippen LogP contribution in [0.3, 0.4) is 0 Å². The number of aryl methyl sites for hydroxylation is 4. The predicted molar refractivity (Wildman–Crippen MR) is 122 cm³/mol. The number of aromatic nitrogens is 1. The molecule has 0 fully saturated rings. The van der Waals surface area contributed by atoms with Gasteiger partial charge in [0.05, 0.1) is 5.69 Å². The molecule has 30 heavy (non-hydrogen) atoms. The zero-order valence-electron chi connectivity index (χ0n) is 18.6. The monoisotopic (exact) mass is 407 g/mol. The molecule has 3 rings (SSSR count). The summed E-state index contributed by atoms with van der Waals surface area (Å²) >= 11 is 0. The molecule has 0 saturated carbocycles. The Balaban J connectivity index is 1.99. The van der Waals surface area contributed by atoms with Crippen LogP contribution >= 0.6 is 0 Å². The highest BCUT2D eigenvalue weighted by Gasteiger charge is 2.29. The summed E-state index contributed by atoms with van der Waals surface area (Å²) in [6.07, 6.45) is -0.130. The second-order valence-corrected chi connectivity index (χ2v) is 8.93. The van der Waals surface area contributed by atoms with Crippen molar-refractivity contribution in [3.63, 3.8) is 0 Å². The van der Waals surface area contributed by atoms with E-state index < -0.39 is 18.3 Å². The summed E-state index contributed by atoms with van der Waals surface area (Å²) in [5, 5.41) is 0. The van der Waals surface area contributed by atoms with Gasteiger partial charge in [0.1, 0.15) is 12.8 Å². The molecule has 1 aromatic heterocycles. The second kappa shape index (κ2) is 9.07. The third-order valence-electron chi connectivity index (χ3n) is 6.03. The fraction of sp³-hybridized carbons (Fsp3) is 0.370. The fourth-order valence-corrected chi connectivity index (χ4v) is 3.89. The number of alkyl halides is 2. The van der Waals surface area contributed by atoms with Crippen LogP contribution in [-0.2, 0) is 6.42 Å². The number of hydrogen-bond acceptors (Lipinski definition) is 1. The van der Waals surface area contributed by atoms with Crippen molar-refractivity contribution < 1.29 is 8.78 Å². The molecule has 0 aliphatic rings. The number of pyridine rings is 1. The zero-order chi connectivity index (χ0) is 21.9. The summed E-state index contributed by atoms with van der Waals surface area (Å²) < 4.78 is 26.7. The van der Waals surface area contributed by atoms with Crippen LogP contribution in [0.5, 0.6) is 0 Å². The normalized spacial score (nSPS) is 12.8. The zero-order valence-corrected chi connectivity index (χ0v) is 18.6. The molecule has 0 aliphatic carbocycles. The average Bonchev–Trinajstić information content (AvgIpc) is 2.72. The van der Waals surface area contributed by atoms with E-state index in [4.69, 9.17) is 4.98 Å². The van der Waals surface area contributed by atoms with E-state index in [0.29, 0.717) is 12.8 Å². The SMILES string of the molecule is Cc1ccc(-c2cccc(CCC(C)(C)C(F)CF)c2)c(-c2c(C)cccc2C)n1. The summed E-state index contributed by atoms with van der Waals surface area (Å²) in [6.45, 7) is 8.91. The summed E-state index contributed by atoms with van der Waals surface area (Å²) in [7, 11) is 0. The smallest absolute Gasteiger partial charge is 0.133 e. The number of nitrogens with zero attached hydrogens (tertiary/aromatic N) is 1. The molecule has 0 saturated heterocycles. The predicted octanol–water partition coefficient (Wildman–Crippen LogP) is 7.61. The molecule has 1 unspecified atom stereocenters. The first-order valence-corrected chi connectivity index (χ1v) is 10.6. The summed E-state index contributed by atoms with van der Waals surface area (Å²) in [5.41, 5.74) is 8.17. The summed E-state index contributed by atoms with van der Waals surface area (Å²) in [4.78, 5) is 4.90. The molecular weight excluding hydrogens is 376 g/mol. The maximum atomic E-state index is 13.9. The Morgan fingerprint density at radius 1 is 0.933 bits per heavy atom. The molecule has 1 atom stereocenters. The quantitative estimate of drug-likeness (QED) is 0.393. The van der Waals surface area contributed by atoms with E-state index in [-0.39, 0.29) is 0 Å².